The van der Waals surface area contributed by atoms with Crippen LogP contribution in [0.25, 0.3) is 0 Å². The van der Waals surface area contributed by atoms with Crippen molar-refractivity contribution in [2.75, 3.05) is 23.3 Å². The van der Waals surface area contributed by atoms with E-state index in [1.807, 2.05) is 26.0 Å². The van der Waals surface area contributed by atoms with Crippen molar-refractivity contribution in [2.45, 2.75) is 31.0 Å². The molecule has 1 aromatic rings. The number of halogens is 1. The van der Waals surface area contributed by atoms with E-state index in [-0.39, 0.29) is 5.91 Å². The van der Waals surface area contributed by atoms with Gasteiger partial charge in [-0.2, -0.15) is 0 Å². The summed E-state index contributed by atoms with van der Waals surface area (Å²) in [4.78, 5) is 18.6. The standard InChI is InChI=1S/C13H18BrN3O/c1-13(2,14)12(18)16-10-6-5-7-15-11(10)17-8-3-4-9-17/h5-7H,3-4,8-9H2,1-2H3,(H,16,18). The van der Waals surface area contributed by atoms with Crippen LogP contribution >= 0.6 is 15.9 Å². The number of anilines is 2. The fraction of sp³-hybridized carbons (Fsp3) is 0.538. The van der Waals surface area contributed by atoms with Crippen LogP contribution in [0.2, 0.25) is 0 Å². The first-order valence-corrected chi connectivity index (χ1v) is 6.98. The van der Waals surface area contributed by atoms with Crippen LogP contribution in [0, 0.1) is 0 Å². The largest absolute Gasteiger partial charge is 0.355 e. The van der Waals surface area contributed by atoms with E-state index in [1.165, 1.54) is 12.8 Å². The van der Waals surface area contributed by atoms with Crippen LogP contribution in [0.4, 0.5) is 11.5 Å². The van der Waals surface area contributed by atoms with Gasteiger partial charge in [0.1, 0.15) is 0 Å². The highest BCUT2D eigenvalue weighted by Crippen LogP contribution is 2.27. The topological polar surface area (TPSA) is 45.2 Å². The SMILES string of the molecule is CC(C)(Br)C(=O)Nc1cccnc1N1CCCC1. The number of carbonyl (C=O) groups excluding carboxylic acids is 1. The van der Waals surface area contributed by atoms with Crippen LogP contribution in [-0.4, -0.2) is 28.3 Å². The Kier molecular flexibility index (Phi) is 3.90. The molecular formula is C13H18BrN3O. The Bertz CT molecular complexity index is 436. The molecule has 0 spiro atoms. The van der Waals surface area contributed by atoms with Crippen molar-refractivity contribution in [2.24, 2.45) is 0 Å². The number of nitrogens with zero attached hydrogens (tertiary/aromatic N) is 2. The summed E-state index contributed by atoms with van der Waals surface area (Å²) in [5.74, 6) is 0.816. The maximum absolute atomic E-state index is 12.0. The van der Waals surface area contributed by atoms with E-state index in [9.17, 15) is 4.79 Å². The van der Waals surface area contributed by atoms with Crippen LogP contribution < -0.4 is 10.2 Å². The van der Waals surface area contributed by atoms with Gasteiger partial charge in [-0.1, -0.05) is 15.9 Å². The summed E-state index contributed by atoms with van der Waals surface area (Å²) in [6, 6.07) is 3.74. The molecule has 0 atom stereocenters. The number of pyridine rings is 1. The van der Waals surface area contributed by atoms with Crippen molar-refractivity contribution < 1.29 is 4.79 Å². The lowest BCUT2D eigenvalue weighted by molar-refractivity contribution is -0.117. The van der Waals surface area contributed by atoms with Gasteiger partial charge in [-0.15, -0.1) is 0 Å². The van der Waals surface area contributed by atoms with Crippen LogP contribution in [-0.2, 0) is 4.79 Å². The van der Waals surface area contributed by atoms with Gasteiger partial charge in [0, 0.05) is 19.3 Å². The third-order valence-electron chi connectivity index (χ3n) is 2.98. The van der Waals surface area contributed by atoms with Crippen molar-refractivity contribution in [1.29, 1.82) is 0 Å². The second-order valence-corrected chi connectivity index (χ2v) is 6.98. The molecule has 1 fully saturated rings. The Balaban J connectivity index is 2.20. The van der Waals surface area contributed by atoms with Crippen LogP contribution in [0.15, 0.2) is 18.3 Å². The molecule has 98 valence electrons. The Labute approximate surface area is 116 Å². The van der Waals surface area contributed by atoms with Gasteiger partial charge in [0.15, 0.2) is 5.82 Å². The lowest BCUT2D eigenvalue weighted by Gasteiger charge is -2.22. The number of nitrogens with one attached hydrogen (secondary N) is 1. The fourth-order valence-electron chi connectivity index (χ4n) is 1.95. The van der Waals surface area contributed by atoms with Crippen LogP contribution in [0.1, 0.15) is 26.7 Å². The number of amides is 1. The van der Waals surface area contributed by atoms with E-state index in [1.54, 1.807) is 6.20 Å². The number of hydrogen-bond donors (Lipinski definition) is 1. The quantitative estimate of drug-likeness (QED) is 0.873. The molecule has 5 heteroatoms. The summed E-state index contributed by atoms with van der Waals surface area (Å²) in [7, 11) is 0. The summed E-state index contributed by atoms with van der Waals surface area (Å²) in [5, 5.41) is 2.94. The second-order valence-electron chi connectivity index (χ2n) is 5.00. The Hall–Kier alpha value is -1.10. The summed E-state index contributed by atoms with van der Waals surface area (Å²) in [6.45, 7) is 5.68. The zero-order chi connectivity index (χ0) is 13.2. The Morgan fingerprint density at radius 3 is 2.72 bits per heavy atom. The average molecular weight is 312 g/mol. The van der Waals surface area contributed by atoms with Gasteiger partial charge in [0.2, 0.25) is 5.91 Å². The van der Waals surface area contributed by atoms with Gasteiger partial charge in [-0.05, 0) is 38.8 Å². The lowest BCUT2D eigenvalue weighted by Crippen LogP contribution is -2.32. The molecule has 4 nitrogen and oxygen atoms in total. The molecule has 2 rings (SSSR count). The smallest absolute Gasteiger partial charge is 0.240 e. The Morgan fingerprint density at radius 1 is 1.44 bits per heavy atom. The molecule has 0 aliphatic carbocycles. The highest BCUT2D eigenvalue weighted by Gasteiger charge is 2.25. The third-order valence-corrected chi connectivity index (χ3v) is 3.34. The first-order valence-electron chi connectivity index (χ1n) is 6.19. The Morgan fingerprint density at radius 2 is 2.11 bits per heavy atom. The van der Waals surface area contributed by atoms with Crippen molar-refractivity contribution in [3.05, 3.63) is 18.3 Å². The number of hydrogen-bond acceptors (Lipinski definition) is 3. The molecule has 0 saturated carbocycles. The normalized spacial score (nSPS) is 15.8. The highest BCUT2D eigenvalue weighted by molar-refractivity contribution is 9.10. The van der Waals surface area contributed by atoms with E-state index in [4.69, 9.17) is 0 Å². The molecule has 0 radical (unpaired) electrons. The van der Waals surface area contributed by atoms with Crippen LogP contribution in [0.5, 0.6) is 0 Å². The van der Waals surface area contributed by atoms with Gasteiger partial charge < -0.3 is 10.2 Å². The summed E-state index contributed by atoms with van der Waals surface area (Å²) in [5.41, 5.74) is 0.789. The molecule has 18 heavy (non-hydrogen) atoms. The first-order chi connectivity index (χ1) is 8.48. The molecule has 1 amide bonds. The maximum Gasteiger partial charge on any atom is 0.240 e. The predicted octanol–water partition coefficient (Wildman–Crippen LogP) is 2.79. The average Bonchev–Trinajstić information content (AvgIpc) is 2.82. The van der Waals surface area contributed by atoms with E-state index in [0.29, 0.717) is 0 Å². The molecule has 1 aliphatic heterocycles. The number of aromatic nitrogens is 1. The first kappa shape index (κ1) is 13.3. The minimum Gasteiger partial charge on any atom is -0.355 e. The van der Waals surface area contributed by atoms with Crippen molar-refractivity contribution >= 4 is 33.3 Å². The van der Waals surface area contributed by atoms with Gasteiger partial charge in [-0.25, -0.2) is 4.98 Å². The van der Waals surface area contributed by atoms with Crippen molar-refractivity contribution in [1.82, 2.24) is 4.98 Å². The summed E-state index contributed by atoms with van der Waals surface area (Å²) >= 11 is 3.36. The number of alkyl halides is 1. The predicted molar refractivity (Wildman–Crippen MR) is 77.3 cm³/mol. The number of carbonyl (C=O) groups is 1. The molecule has 1 saturated heterocycles. The molecule has 1 aromatic heterocycles. The molecular weight excluding hydrogens is 294 g/mol. The minimum atomic E-state index is -0.578. The molecule has 1 aliphatic rings. The molecule has 0 bridgehead atoms. The van der Waals surface area contributed by atoms with E-state index in [2.05, 4.69) is 31.1 Å². The van der Waals surface area contributed by atoms with Gasteiger partial charge in [-0.3, -0.25) is 4.79 Å². The maximum atomic E-state index is 12.0. The number of rotatable bonds is 3. The lowest BCUT2D eigenvalue weighted by atomic mass is 10.2. The van der Waals surface area contributed by atoms with Gasteiger partial charge >= 0.3 is 0 Å². The van der Waals surface area contributed by atoms with Gasteiger partial charge in [0.25, 0.3) is 0 Å². The third kappa shape index (κ3) is 3.02. The van der Waals surface area contributed by atoms with E-state index >= 15 is 0 Å². The summed E-state index contributed by atoms with van der Waals surface area (Å²) in [6.07, 6.45) is 4.14. The second kappa shape index (κ2) is 5.26. The fourth-order valence-corrected chi connectivity index (χ4v) is 2.05. The molecule has 0 unspecified atom stereocenters. The minimum absolute atomic E-state index is 0.0593. The van der Waals surface area contributed by atoms with Crippen molar-refractivity contribution in [3.8, 4) is 0 Å². The van der Waals surface area contributed by atoms with Crippen molar-refractivity contribution in [3.63, 3.8) is 0 Å². The molecule has 1 N–H and O–H groups in total. The zero-order valence-electron chi connectivity index (χ0n) is 10.7. The highest BCUT2D eigenvalue weighted by atomic mass is 79.9. The van der Waals surface area contributed by atoms with Crippen LogP contribution in [0.3, 0.4) is 0 Å². The molecule has 0 aromatic carbocycles. The molecule has 2 heterocycles. The van der Waals surface area contributed by atoms with E-state index < -0.39 is 4.32 Å². The van der Waals surface area contributed by atoms with Gasteiger partial charge in [0.05, 0.1) is 10.0 Å². The monoisotopic (exact) mass is 311 g/mol. The zero-order valence-corrected chi connectivity index (χ0v) is 12.3. The summed E-state index contributed by atoms with van der Waals surface area (Å²) < 4.78 is -0.578. The van der Waals surface area contributed by atoms with E-state index in [0.717, 1.165) is 24.6 Å².